The lowest BCUT2D eigenvalue weighted by molar-refractivity contribution is 0.602. The van der Waals surface area contributed by atoms with Crippen molar-refractivity contribution >= 4 is 27.3 Å². The van der Waals surface area contributed by atoms with Crippen LogP contribution in [0.15, 0.2) is 39.5 Å². The Kier molecular flexibility index (Phi) is 3.31. The molecule has 2 N–H and O–H groups in total. The Hall–Kier alpha value is -1.54. The average Bonchev–Trinajstić information content (AvgIpc) is 2.66. The van der Waals surface area contributed by atoms with Crippen LogP contribution in [0.5, 0.6) is 0 Å². The summed E-state index contributed by atoms with van der Waals surface area (Å²) < 4.78 is 24.5. The maximum Gasteiger partial charge on any atom is 0.195 e. The van der Waals surface area contributed by atoms with Crippen LogP contribution in [-0.2, 0) is 16.9 Å². The van der Waals surface area contributed by atoms with Gasteiger partial charge in [0.15, 0.2) is 15.0 Å². The van der Waals surface area contributed by atoms with E-state index < -0.39 is 9.84 Å². The first kappa shape index (κ1) is 12.9. The molecule has 2 rings (SSSR count). The van der Waals surface area contributed by atoms with Crippen molar-refractivity contribution < 1.29 is 8.42 Å². The molecule has 0 aliphatic carbocycles. The van der Waals surface area contributed by atoms with Crippen molar-refractivity contribution in [1.82, 2.24) is 14.8 Å². The predicted molar refractivity (Wildman–Crippen MR) is 69.1 cm³/mol. The molecule has 0 spiro atoms. The van der Waals surface area contributed by atoms with E-state index in [1.807, 2.05) is 7.05 Å². The molecule has 96 valence electrons. The molecule has 2 aromatic rings. The lowest BCUT2D eigenvalue weighted by Crippen LogP contribution is -1.99. The summed E-state index contributed by atoms with van der Waals surface area (Å²) in [7, 11) is -1.41. The van der Waals surface area contributed by atoms with Crippen molar-refractivity contribution in [3.63, 3.8) is 0 Å². The summed E-state index contributed by atoms with van der Waals surface area (Å²) in [4.78, 5) is 0.959. The first-order chi connectivity index (χ1) is 8.38. The summed E-state index contributed by atoms with van der Waals surface area (Å²) >= 11 is 1.34. The Morgan fingerprint density at radius 3 is 2.61 bits per heavy atom. The third kappa shape index (κ3) is 2.65. The number of hydrogen-bond acceptors (Lipinski definition) is 6. The number of benzene rings is 1. The van der Waals surface area contributed by atoms with Crippen LogP contribution in [-0.4, -0.2) is 29.4 Å². The van der Waals surface area contributed by atoms with Crippen LogP contribution >= 0.6 is 11.8 Å². The van der Waals surface area contributed by atoms with Crippen molar-refractivity contribution in [1.29, 1.82) is 0 Å². The molecule has 18 heavy (non-hydrogen) atoms. The molecular weight excluding hydrogens is 272 g/mol. The number of nitrogen functional groups attached to an aromatic ring is 1. The van der Waals surface area contributed by atoms with Gasteiger partial charge in [-0.1, -0.05) is 0 Å². The zero-order valence-electron chi connectivity index (χ0n) is 9.86. The van der Waals surface area contributed by atoms with Gasteiger partial charge in [-0.15, -0.1) is 10.2 Å². The predicted octanol–water partition coefficient (Wildman–Crippen LogP) is 0.952. The summed E-state index contributed by atoms with van der Waals surface area (Å²) in [5.41, 5.74) is 6.25. The molecule has 0 aliphatic rings. The normalized spacial score (nSPS) is 11.7. The highest BCUT2D eigenvalue weighted by Crippen LogP contribution is 2.31. The summed E-state index contributed by atoms with van der Waals surface area (Å²) in [5.74, 6) is 0. The smallest absolute Gasteiger partial charge is 0.195 e. The molecule has 0 unspecified atom stereocenters. The molecule has 0 amide bonds. The highest BCUT2D eigenvalue weighted by Gasteiger charge is 2.11. The lowest BCUT2D eigenvalue weighted by atomic mass is 10.3. The van der Waals surface area contributed by atoms with Crippen LogP contribution in [0.1, 0.15) is 0 Å². The maximum absolute atomic E-state index is 11.4. The van der Waals surface area contributed by atoms with Crippen molar-refractivity contribution in [2.75, 3.05) is 12.0 Å². The van der Waals surface area contributed by atoms with Gasteiger partial charge in [0.1, 0.15) is 6.33 Å². The highest BCUT2D eigenvalue weighted by atomic mass is 32.2. The summed E-state index contributed by atoms with van der Waals surface area (Å²) in [5, 5.41) is 8.37. The van der Waals surface area contributed by atoms with Gasteiger partial charge in [-0.05, 0) is 30.0 Å². The molecule has 0 atom stereocenters. The quantitative estimate of drug-likeness (QED) is 0.844. The first-order valence-electron chi connectivity index (χ1n) is 4.99. The van der Waals surface area contributed by atoms with Gasteiger partial charge in [0.2, 0.25) is 0 Å². The Labute approximate surface area is 109 Å². The molecule has 0 aliphatic heterocycles. The minimum atomic E-state index is -3.23. The molecule has 1 heterocycles. The van der Waals surface area contributed by atoms with Gasteiger partial charge in [-0.3, -0.25) is 0 Å². The highest BCUT2D eigenvalue weighted by molar-refractivity contribution is 7.99. The van der Waals surface area contributed by atoms with Crippen molar-refractivity contribution in [3.8, 4) is 0 Å². The third-order valence-electron chi connectivity index (χ3n) is 2.28. The van der Waals surface area contributed by atoms with Crippen LogP contribution in [0.4, 0.5) is 5.69 Å². The number of nitrogens with two attached hydrogens (primary N) is 1. The summed E-state index contributed by atoms with van der Waals surface area (Å²) in [6.45, 7) is 0. The number of aromatic nitrogens is 3. The molecule has 0 radical (unpaired) electrons. The summed E-state index contributed by atoms with van der Waals surface area (Å²) in [6.07, 6.45) is 2.74. The van der Waals surface area contributed by atoms with E-state index in [1.54, 1.807) is 17.0 Å². The topological polar surface area (TPSA) is 90.9 Å². The molecule has 0 saturated carbocycles. The Bertz CT molecular complexity index is 679. The fourth-order valence-electron chi connectivity index (χ4n) is 1.31. The van der Waals surface area contributed by atoms with E-state index in [1.165, 1.54) is 23.9 Å². The van der Waals surface area contributed by atoms with E-state index in [0.29, 0.717) is 10.8 Å². The fourth-order valence-corrected chi connectivity index (χ4v) is 2.76. The number of nitrogens with zero attached hydrogens (tertiary/aromatic N) is 3. The molecule has 0 fully saturated rings. The van der Waals surface area contributed by atoms with Gasteiger partial charge in [-0.25, -0.2) is 8.42 Å². The monoisotopic (exact) mass is 284 g/mol. The zero-order valence-corrected chi connectivity index (χ0v) is 11.5. The molecule has 8 heteroatoms. The Morgan fingerprint density at radius 2 is 2.11 bits per heavy atom. The van der Waals surface area contributed by atoms with Gasteiger partial charge in [0, 0.05) is 23.9 Å². The van der Waals surface area contributed by atoms with Gasteiger partial charge >= 0.3 is 0 Å². The van der Waals surface area contributed by atoms with Crippen LogP contribution in [0.25, 0.3) is 0 Å². The van der Waals surface area contributed by atoms with Crippen LogP contribution in [0, 0.1) is 0 Å². The van der Waals surface area contributed by atoms with E-state index in [-0.39, 0.29) is 4.90 Å². The molecule has 1 aromatic carbocycles. The van der Waals surface area contributed by atoms with E-state index in [4.69, 9.17) is 5.73 Å². The first-order valence-corrected chi connectivity index (χ1v) is 7.70. The lowest BCUT2D eigenvalue weighted by Gasteiger charge is -2.06. The largest absolute Gasteiger partial charge is 0.398 e. The average molecular weight is 284 g/mol. The van der Waals surface area contributed by atoms with Gasteiger partial charge < -0.3 is 10.3 Å². The number of anilines is 1. The minimum absolute atomic E-state index is 0.210. The number of sulfone groups is 1. The standard InChI is InChI=1S/C10H12N4O2S2/c1-14-6-12-13-10(14)17-9-4-3-7(5-8(9)11)18(2,15)16/h3-6H,11H2,1-2H3. The van der Waals surface area contributed by atoms with Gasteiger partial charge in [0.05, 0.1) is 4.90 Å². The fraction of sp³-hybridized carbons (Fsp3) is 0.200. The van der Waals surface area contributed by atoms with E-state index in [2.05, 4.69) is 10.2 Å². The van der Waals surface area contributed by atoms with Crippen molar-refractivity contribution in [2.24, 2.45) is 7.05 Å². The molecule has 0 bridgehead atoms. The minimum Gasteiger partial charge on any atom is -0.398 e. The molecule has 6 nitrogen and oxygen atoms in total. The molecule has 1 aromatic heterocycles. The van der Waals surface area contributed by atoms with E-state index in [9.17, 15) is 8.42 Å². The van der Waals surface area contributed by atoms with Crippen LogP contribution in [0.2, 0.25) is 0 Å². The Balaban J connectivity index is 2.34. The second-order valence-electron chi connectivity index (χ2n) is 3.80. The zero-order chi connectivity index (χ0) is 13.3. The van der Waals surface area contributed by atoms with Crippen molar-refractivity contribution in [3.05, 3.63) is 24.5 Å². The second-order valence-corrected chi connectivity index (χ2v) is 6.82. The Morgan fingerprint density at radius 1 is 1.39 bits per heavy atom. The number of aryl methyl sites for hydroxylation is 1. The van der Waals surface area contributed by atoms with Crippen LogP contribution < -0.4 is 5.73 Å². The molecule has 0 saturated heterocycles. The summed E-state index contributed by atoms with van der Waals surface area (Å²) in [6, 6.07) is 4.66. The SMILES string of the molecule is Cn1cnnc1Sc1ccc(S(C)(=O)=O)cc1N. The molecular formula is C10H12N4O2S2. The number of hydrogen-bond donors (Lipinski definition) is 1. The number of rotatable bonds is 3. The van der Waals surface area contributed by atoms with Crippen molar-refractivity contribution in [2.45, 2.75) is 14.9 Å². The van der Waals surface area contributed by atoms with Gasteiger partial charge in [0.25, 0.3) is 0 Å². The van der Waals surface area contributed by atoms with Crippen LogP contribution in [0.3, 0.4) is 0 Å². The third-order valence-corrected chi connectivity index (χ3v) is 4.53. The second kappa shape index (κ2) is 4.62. The van der Waals surface area contributed by atoms with E-state index in [0.717, 1.165) is 11.2 Å². The maximum atomic E-state index is 11.4. The van der Waals surface area contributed by atoms with E-state index >= 15 is 0 Å². The van der Waals surface area contributed by atoms with Gasteiger partial charge in [-0.2, -0.15) is 0 Å².